The number of hydrogen-bond donors (Lipinski definition) is 1. The van der Waals surface area contributed by atoms with Gasteiger partial charge in [-0.2, -0.15) is 5.10 Å². The number of nitrogens with one attached hydrogen (secondary N) is 1. The molecule has 8 heteroatoms. The van der Waals surface area contributed by atoms with Gasteiger partial charge in [0.2, 0.25) is 5.91 Å². The highest BCUT2D eigenvalue weighted by atomic mass is 32.1. The highest BCUT2D eigenvalue weighted by molar-refractivity contribution is 7.15. The Morgan fingerprint density at radius 3 is 2.69 bits per heavy atom. The van der Waals surface area contributed by atoms with Gasteiger partial charge in [0.05, 0.1) is 19.9 Å². The van der Waals surface area contributed by atoms with Crippen molar-refractivity contribution in [2.24, 2.45) is 0 Å². The molecule has 2 heterocycles. The maximum absolute atomic E-state index is 12.6. The van der Waals surface area contributed by atoms with E-state index >= 15 is 0 Å². The molecule has 7 nitrogen and oxygen atoms in total. The summed E-state index contributed by atoms with van der Waals surface area (Å²) in [5.41, 5.74) is 3.07. The normalized spacial score (nSPS) is 10.9. The molecule has 2 aromatic heterocycles. The maximum atomic E-state index is 12.6. The molecule has 1 amide bonds. The molecule has 3 aromatic rings. The summed E-state index contributed by atoms with van der Waals surface area (Å²) in [6, 6.07) is 9.56. The number of methoxy groups -OCH3 is 1. The average molecular weight is 413 g/mol. The van der Waals surface area contributed by atoms with Crippen LogP contribution in [-0.4, -0.2) is 47.3 Å². The number of esters is 1. The van der Waals surface area contributed by atoms with E-state index in [1.54, 1.807) is 6.20 Å². The Kier molecular flexibility index (Phi) is 6.79. The summed E-state index contributed by atoms with van der Waals surface area (Å²) < 4.78 is 6.80. The predicted molar refractivity (Wildman–Crippen MR) is 114 cm³/mol. The Morgan fingerprint density at radius 2 is 2.03 bits per heavy atom. The first kappa shape index (κ1) is 20.8. The third kappa shape index (κ3) is 5.10. The molecule has 1 aromatic carbocycles. The van der Waals surface area contributed by atoms with Gasteiger partial charge in [0.1, 0.15) is 10.6 Å². The van der Waals surface area contributed by atoms with Crippen molar-refractivity contribution < 1.29 is 14.3 Å². The molecule has 0 fully saturated rings. The Labute approximate surface area is 173 Å². The summed E-state index contributed by atoms with van der Waals surface area (Å²) in [6.45, 7) is 3.63. The lowest BCUT2D eigenvalue weighted by atomic mass is 10.0. The van der Waals surface area contributed by atoms with Crippen molar-refractivity contribution in [2.45, 2.75) is 20.0 Å². The number of nitrogens with zero attached hydrogens (tertiary/aromatic N) is 3. The quantitative estimate of drug-likeness (QED) is 0.573. The molecular weight excluding hydrogens is 388 g/mol. The molecule has 3 rings (SSSR count). The zero-order chi connectivity index (χ0) is 20.8. The molecule has 0 spiro atoms. The lowest BCUT2D eigenvalue weighted by molar-refractivity contribution is -0.117. The number of likely N-dealkylation sites (N-methyl/N-ethyl adjacent to an activating group) is 1. The number of carbonyl (C=O) groups excluding carboxylic acids is 2. The zero-order valence-corrected chi connectivity index (χ0v) is 17.5. The van der Waals surface area contributed by atoms with E-state index in [1.165, 1.54) is 18.4 Å². The molecule has 0 atom stereocenters. The number of hydrogen-bond acceptors (Lipinski definition) is 6. The highest BCUT2D eigenvalue weighted by Gasteiger charge is 2.22. The smallest absolute Gasteiger partial charge is 0.341 e. The molecule has 0 saturated heterocycles. The van der Waals surface area contributed by atoms with Crippen LogP contribution in [0, 0.1) is 0 Å². The third-order valence-corrected chi connectivity index (χ3v) is 5.29. The fourth-order valence-corrected chi connectivity index (χ4v) is 4.00. The van der Waals surface area contributed by atoms with E-state index in [9.17, 15) is 9.59 Å². The molecule has 0 aliphatic carbocycles. The topological polar surface area (TPSA) is 76.5 Å². The van der Waals surface area contributed by atoms with Crippen LogP contribution in [0.5, 0.6) is 0 Å². The van der Waals surface area contributed by atoms with Gasteiger partial charge in [0, 0.05) is 35.8 Å². The van der Waals surface area contributed by atoms with Crippen molar-refractivity contribution in [3.8, 4) is 11.1 Å². The molecule has 1 N–H and O–H groups in total. The minimum absolute atomic E-state index is 0.191. The van der Waals surface area contributed by atoms with E-state index in [1.807, 2.05) is 65.5 Å². The second kappa shape index (κ2) is 9.49. The zero-order valence-electron chi connectivity index (χ0n) is 16.7. The van der Waals surface area contributed by atoms with Gasteiger partial charge in [-0.3, -0.25) is 14.4 Å². The summed E-state index contributed by atoms with van der Waals surface area (Å²) in [7, 11) is 3.21. The second-order valence-corrected chi connectivity index (χ2v) is 7.52. The van der Waals surface area contributed by atoms with Crippen molar-refractivity contribution in [2.75, 3.05) is 26.0 Å². The van der Waals surface area contributed by atoms with Gasteiger partial charge in [-0.1, -0.05) is 30.3 Å². The number of aryl methyl sites for hydroxylation is 1. The molecule has 29 heavy (non-hydrogen) atoms. The van der Waals surface area contributed by atoms with Crippen LogP contribution >= 0.6 is 11.3 Å². The maximum Gasteiger partial charge on any atom is 0.341 e. The van der Waals surface area contributed by atoms with Gasteiger partial charge in [0.15, 0.2) is 0 Å². The second-order valence-electron chi connectivity index (χ2n) is 6.64. The highest BCUT2D eigenvalue weighted by Crippen LogP contribution is 2.36. The van der Waals surface area contributed by atoms with Crippen LogP contribution in [-0.2, 0) is 22.6 Å². The van der Waals surface area contributed by atoms with Crippen molar-refractivity contribution in [3.63, 3.8) is 0 Å². The van der Waals surface area contributed by atoms with E-state index in [-0.39, 0.29) is 12.5 Å². The van der Waals surface area contributed by atoms with E-state index in [4.69, 9.17) is 4.74 Å². The standard InChI is InChI=1S/C21H24N4O3S/c1-4-25-12-15(10-22-25)11-24(2)13-18(26)23-20-19(21(27)28-3)17(14-29-20)16-8-6-5-7-9-16/h5-10,12,14H,4,11,13H2,1-3H3,(H,23,26). The van der Waals surface area contributed by atoms with Crippen molar-refractivity contribution in [1.82, 2.24) is 14.7 Å². The fourth-order valence-electron chi connectivity index (χ4n) is 3.02. The summed E-state index contributed by atoms with van der Waals surface area (Å²) in [5.74, 6) is -0.664. The summed E-state index contributed by atoms with van der Waals surface area (Å²) in [4.78, 5) is 26.8. The third-order valence-electron chi connectivity index (χ3n) is 4.40. The van der Waals surface area contributed by atoms with Crippen LogP contribution in [0.3, 0.4) is 0 Å². The summed E-state index contributed by atoms with van der Waals surface area (Å²) in [5, 5.41) is 9.47. The summed E-state index contributed by atoms with van der Waals surface area (Å²) in [6.07, 6.45) is 3.77. The molecule has 0 aliphatic rings. The van der Waals surface area contributed by atoms with Crippen LogP contribution in [0.4, 0.5) is 5.00 Å². The van der Waals surface area contributed by atoms with Gasteiger partial charge in [-0.05, 0) is 19.5 Å². The molecule has 0 aliphatic heterocycles. The number of rotatable bonds is 8. The van der Waals surface area contributed by atoms with Gasteiger partial charge in [-0.15, -0.1) is 11.3 Å². The molecule has 152 valence electrons. The summed E-state index contributed by atoms with van der Waals surface area (Å²) >= 11 is 1.32. The van der Waals surface area contributed by atoms with E-state index in [0.717, 1.165) is 23.2 Å². The van der Waals surface area contributed by atoms with E-state index < -0.39 is 5.97 Å². The lowest BCUT2D eigenvalue weighted by Crippen LogP contribution is -2.30. The van der Waals surface area contributed by atoms with Crippen molar-refractivity contribution >= 4 is 28.2 Å². The molecule has 0 bridgehead atoms. The minimum atomic E-state index is -0.472. The molecule has 0 radical (unpaired) electrons. The van der Waals surface area contributed by atoms with Gasteiger partial charge in [-0.25, -0.2) is 4.79 Å². The van der Waals surface area contributed by atoms with Crippen LogP contribution in [0.15, 0.2) is 48.1 Å². The van der Waals surface area contributed by atoms with Crippen LogP contribution in [0.1, 0.15) is 22.8 Å². The van der Waals surface area contributed by atoms with Crippen molar-refractivity contribution in [3.05, 3.63) is 59.2 Å². The van der Waals surface area contributed by atoms with E-state index in [2.05, 4.69) is 10.4 Å². The number of amides is 1. The minimum Gasteiger partial charge on any atom is -0.465 e. The SMILES string of the molecule is CCn1cc(CN(C)CC(=O)Nc2scc(-c3ccccc3)c2C(=O)OC)cn1. The largest absolute Gasteiger partial charge is 0.465 e. The van der Waals surface area contributed by atoms with Crippen molar-refractivity contribution in [1.29, 1.82) is 0 Å². The molecule has 0 saturated carbocycles. The Hall–Kier alpha value is -2.97. The lowest BCUT2D eigenvalue weighted by Gasteiger charge is -2.15. The van der Waals surface area contributed by atoms with Crippen LogP contribution in [0.25, 0.3) is 11.1 Å². The number of thiophene rings is 1. The predicted octanol–water partition coefficient (Wildman–Crippen LogP) is 3.49. The monoisotopic (exact) mass is 412 g/mol. The first-order valence-electron chi connectivity index (χ1n) is 9.26. The average Bonchev–Trinajstić information content (AvgIpc) is 3.34. The fraction of sp³-hybridized carbons (Fsp3) is 0.286. The molecular formula is C21H24N4O3S. The van der Waals surface area contributed by atoms with Gasteiger partial charge < -0.3 is 10.1 Å². The number of ether oxygens (including phenoxy) is 1. The number of benzene rings is 1. The Bertz CT molecular complexity index is 981. The van der Waals surface area contributed by atoms with Gasteiger partial charge >= 0.3 is 5.97 Å². The number of anilines is 1. The number of carbonyl (C=O) groups is 2. The Morgan fingerprint density at radius 1 is 1.28 bits per heavy atom. The molecule has 0 unspecified atom stereocenters. The first-order chi connectivity index (χ1) is 14.0. The van der Waals surface area contributed by atoms with E-state index in [0.29, 0.717) is 17.1 Å². The van der Waals surface area contributed by atoms with Crippen LogP contribution < -0.4 is 5.32 Å². The van der Waals surface area contributed by atoms with Gasteiger partial charge in [0.25, 0.3) is 0 Å². The first-order valence-corrected chi connectivity index (χ1v) is 10.1. The van der Waals surface area contributed by atoms with Crippen LogP contribution in [0.2, 0.25) is 0 Å². The Balaban J connectivity index is 1.71. The number of aromatic nitrogens is 2.